The molecule has 2 saturated heterocycles. The van der Waals surface area contributed by atoms with Gasteiger partial charge in [-0.25, -0.2) is 0 Å². The highest BCUT2D eigenvalue weighted by Crippen LogP contribution is 2.40. The van der Waals surface area contributed by atoms with Gasteiger partial charge in [-0.15, -0.1) is 0 Å². The fourth-order valence-corrected chi connectivity index (χ4v) is 5.61. The average Bonchev–Trinajstić information content (AvgIpc) is 2.86. The summed E-state index contributed by atoms with van der Waals surface area (Å²) in [4.78, 5) is 15.6. The number of nitrogens with zero attached hydrogens (tertiary/aromatic N) is 2. The van der Waals surface area contributed by atoms with Crippen LogP contribution < -0.4 is 19.7 Å². The third-order valence-electron chi connectivity index (χ3n) is 7.39. The molecule has 0 saturated carbocycles. The minimum absolute atomic E-state index is 0.449. The maximum atomic E-state index is 10.4. The van der Waals surface area contributed by atoms with Crippen LogP contribution >= 0.6 is 11.6 Å². The number of nitrogens with one attached hydrogen (secondary N) is 1. The summed E-state index contributed by atoms with van der Waals surface area (Å²) in [7, 11) is 1.67. The van der Waals surface area contributed by atoms with Crippen molar-refractivity contribution in [1.82, 2.24) is 10.2 Å². The van der Waals surface area contributed by atoms with Crippen molar-refractivity contribution in [2.24, 2.45) is 0 Å². The summed E-state index contributed by atoms with van der Waals surface area (Å²) in [6.45, 7) is 8.68. The Labute approximate surface area is 208 Å². The normalized spacial score (nSPS) is 20.5. The molecule has 184 valence electrons. The van der Waals surface area contributed by atoms with Gasteiger partial charge >= 0.3 is 0 Å². The van der Waals surface area contributed by atoms with Crippen LogP contribution in [0.25, 0.3) is 0 Å². The van der Waals surface area contributed by atoms with Crippen LogP contribution in [0.2, 0.25) is 5.02 Å². The molecule has 6 nitrogen and oxygen atoms in total. The van der Waals surface area contributed by atoms with Gasteiger partial charge < -0.3 is 19.7 Å². The van der Waals surface area contributed by atoms with E-state index in [-0.39, 0.29) is 0 Å². The minimum Gasteiger partial charge on any atom is -0.495 e. The lowest BCUT2D eigenvalue weighted by atomic mass is 9.86. The summed E-state index contributed by atoms with van der Waals surface area (Å²) in [5.41, 5.74) is 5.16. The second-order valence-electron chi connectivity index (χ2n) is 9.28. The minimum atomic E-state index is 0.449. The van der Waals surface area contributed by atoms with E-state index < -0.39 is 0 Å². The molecule has 1 amide bonds. The quantitative estimate of drug-likeness (QED) is 0.404. The standard InChI is InChI=1S/C27H36ClN3O3/c1-19-20(2)26(34-15-5-12-29-18-32)11-9-23(19)25-7-4-6-22-17-30(13-14-31(22)25)21-8-10-24(28)27(16-21)33-3/h8-11,16,18,22,25H,4-7,12-15,17H2,1-3H3,(H,29,32)/t22?,25-/m1/s1. The predicted octanol–water partition coefficient (Wildman–Crippen LogP) is 4.90. The Bertz CT molecular complexity index is 999. The monoisotopic (exact) mass is 485 g/mol. The number of hydrogen-bond donors (Lipinski definition) is 1. The maximum Gasteiger partial charge on any atom is 0.207 e. The first-order valence-corrected chi connectivity index (χ1v) is 12.7. The summed E-state index contributed by atoms with van der Waals surface area (Å²) in [5.74, 6) is 1.68. The van der Waals surface area contributed by atoms with Gasteiger partial charge in [0.05, 0.1) is 18.7 Å². The van der Waals surface area contributed by atoms with Gasteiger partial charge in [-0.3, -0.25) is 9.69 Å². The molecular weight excluding hydrogens is 450 g/mol. The number of piperazine rings is 1. The topological polar surface area (TPSA) is 54.0 Å². The number of carbonyl (C=O) groups is 1. The van der Waals surface area contributed by atoms with Crippen LogP contribution in [-0.4, -0.2) is 57.2 Å². The summed E-state index contributed by atoms with van der Waals surface area (Å²) in [6.07, 6.45) is 5.19. The van der Waals surface area contributed by atoms with E-state index in [0.29, 0.717) is 30.3 Å². The molecule has 0 spiro atoms. The van der Waals surface area contributed by atoms with Crippen LogP contribution in [0.5, 0.6) is 11.5 Å². The van der Waals surface area contributed by atoms with Crippen molar-refractivity contribution >= 4 is 23.7 Å². The summed E-state index contributed by atoms with van der Waals surface area (Å²) in [6, 6.07) is 11.5. The number of hydrogen-bond acceptors (Lipinski definition) is 5. The highest BCUT2D eigenvalue weighted by atomic mass is 35.5. The Balaban J connectivity index is 1.45. The number of ether oxygens (including phenoxy) is 2. The molecule has 34 heavy (non-hydrogen) atoms. The Morgan fingerprint density at radius 1 is 1.12 bits per heavy atom. The Morgan fingerprint density at radius 3 is 2.76 bits per heavy atom. The molecule has 1 unspecified atom stereocenters. The van der Waals surface area contributed by atoms with Gasteiger partial charge in [-0.05, 0) is 74.4 Å². The number of amides is 1. The van der Waals surface area contributed by atoms with Gasteiger partial charge in [-0.1, -0.05) is 17.7 Å². The lowest BCUT2D eigenvalue weighted by Crippen LogP contribution is -2.56. The first-order chi connectivity index (χ1) is 16.5. The molecule has 0 aromatic heterocycles. The van der Waals surface area contributed by atoms with E-state index in [1.807, 2.05) is 6.07 Å². The molecule has 2 aromatic rings. The molecule has 1 N–H and O–H groups in total. The highest BCUT2D eigenvalue weighted by Gasteiger charge is 2.36. The van der Waals surface area contributed by atoms with Crippen molar-refractivity contribution in [3.63, 3.8) is 0 Å². The number of methoxy groups -OCH3 is 1. The second-order valence-corrected chi connectivity index (χ2v) is 9.69. The number of halogens is 1. The van der Waals surface area contributed by atoms with Crippen molar-refractivity contribution in [3.8, 4) is 11.5 Å². The molecule has 0 radical (unpaired) electrons. The van der Waals surface area contributed by atoms with Crippen LogP contribution in [0.15, 0.2) is 30.3 Å². The zero-order valence-electron chi connectivity index (χ0n) is 20.5. The fraction of sp³-hybridized carbons (Fsp3) is 0.519. The van der Waals surface area contributed by atoms with Crippen molar-refractivity contribution < 1.29 is 14.3 Å². The fourth-order valence-electron chi connectivity index (χ4n) is 5.41. The summed E-state index contributed by atoms with van der Waals surface area (Å²) in [5, 5.41) is 3.33. The molecule has 4 rings (SSSR count). The number of rotatable bonds is 9. The van der Waals surface area contributed by atoms with E-state index in [2.05, 4.69) is 53.2 Å². The molecule has 2 aliphatic heterocycles. The van der Waals surface area contributed by atoms with Crippen LogP contribution in [0, 0.1) is 13.8 Å². The number of carbonyl (C=O) groups excluding carboxylic acids is 1. The van der Waals surface area contributed by atoms with Gasteiger partial charge in [0.15, 0.2) is 0 Å². The molecule has 0 aliphatic carbocycles. The van der Waals surface area contributed by atoms with Crippen LogP contribution in [0.1, 0.15) is 48.4 Å². The summed E-state index contributed by atoms with van der Waals surface area (Å²) < 4.78 is 11.4. The second kappa shape index (κ2) is 11.3. The molecule has 0 bridgehead atoms. The van der Waals surface area contributed by atoms with E-state index in [4.69, 9.17) is 21.1 Å². The molecule has 2 aromatic carbocycles. The third-order valence-corrected chi connectivity index (χ3v) is 7.70. The van der Waals surface area contributed by atoms with E-state index in [1.54, 1.807) is 7.11 Å². The van der Waals surface area contributed by atoms with Gasteiger partial charge in [0.1, 0.15) is 11.5 Å². The smallest absolute Gasteiger partial charge is 0.207 e. The molecule has 2 atom stereocenters. The van der Waals surface area contributed by atoms with E-state index in [1.165, 1.54) is 41.6 Å². The zero-order valence-corrected chi connectivity index (χ0v) is 21.2. The number of anilines is 1. The molecule has 2 aliphatic rings. The molecule has 7 heteroatoms. The molecule has 2 fully saturated rings. The van der Waals surface area contributed by atoms with Crippen molar-refractivity contribution in [3.05, 3.63) is 52.0 Å². The SMILES string of the molecule is COc1cc(N2CCN3C(CCC[C@@H]3c3ccc(OCCCNC=O)c(C)c3C)C2)ccc1Cl. The lowest BCUT2D eigenvalue weighted by Gasteiger charge is -2.49. The Hall–Kier alpha value is -2.44. The van der Waals surface area contributed by atoms with Gasteiger partial charge in [0.2, 0.25) is 6.41 Å². The van der Waals surface area contributed by atoms with Crippen molar-refractivity contribution in [2.75, 3.05) is 44.8 Å². The average molecular weight is 486 g/mol. The van der Waals surface area contributed by atoms with Crippen LogP contribution in [0.4, 0.5) is 5.69 Å². The van der Waals surface area contributed by atoms with Crippen molar-refractivity contribution in [1.29, 1.82) is 0 Å². The summed E-state index contributed by atoms with van der Waals surface area (Å²) >= 11 is 6.24. The predicted molar refractivity (Wildman–Crippen MR) is 137 cm³/mol. The number of benzene rings is 2. The van der Waals surface area contributed by atoms with Crippen LogP contribution in [-0.2, 0) is 4.79 Å². The highest BCUT2D eigenvalue weighted by molar-refractivity contribution is 6.32. The van der Waals surface area contributed by atoms with Crippen LogP contribution in [0.3, 0.4) is 0 Å². The zero-order chi connectivity index (χ0) is 24.1. The van der Waals surface area contributed by atoms with E-state index in [9.17, 15) is 4.79 Å². The van der Waals surface area contributed by atoms with Gasteiger partial charge in [-0.2, -0.15) is 0 Å². The number of piperidine rings is 1. The molecular formula is C27H36ClN3O3. The van der Waals surface area contributed by atoms with E-state index in [0.717, 1.165) is 44.0 Å². The largest absolute Gasteiger partial charge is 0.495 e. The van der Waals surface area contributed by atoms with Gasteiger partial charge in [0, 0.05) is 50.0 Å². The number of fused-ring (bicyclic) bond motifs is 1. The molecule has 2 heterocycles. The Morgan fingerprint density at radius 2 is 1.97 bits per heavy atom. The van der Waals surface area contributed by atoms with Gasteiger partial charge in [0.25, 0.3) is 0 Å². The first-order valence-electron chi connectivity index (χ1n) is 12.3. The van der Waals surface area contributed by atoms with Crippen molar-refractivity contribution in [2.45, 2.75) is 51.6 Å². The third kappa shape index (κ3) is 5.28. The Kier molecular flexibility index (Phi) is 8.22. The maximum absolute atomic E-state index is 10.4. The lowest BCUT2D eigenvalue weighted by molar-refractivity contribution is -0.109. The first kappa shape index (κ1) is 24.7. The van der Waals surface area contributed by atoms with E-state index >= 15 is 0 Å².